The number of pyridine rings is 1. The maximum Gasteiger partial charge on any atom is 0.255 e. The minimum absolute atomic E-state index is 0.0928. The van der Waals surface area contributed by atoms with Crippen molar-refractivity contribution in [3.63, 3.8) is 0 Å². The number of rotatable bonds is 3. The molecule has 120 valence electrons. The number of anilines is 2. The van der Waals surface area contributed by atoms with Gasteiger partial charge in [0.25, 0.3) is 5.91 Å². The van der Waals surface area contributed by atoms with Crippen LogP contribution in [0.5, 0.6) is 0 Å². The summed E-state index contributed by atoms with van der Waals surface area (Å²) in [6.45, 7) is 5.88. The molecule has 0 unspecified atom stereocenters. The Bertz CT molecular complexity index is 688. The number of piperidine rings is 1. The number of amides is 1. The van der Waals surface area contributed by atoms with Gasteiger partial charge in [-0.15, -0.1) is 0 Å². The minimum Gasteiger partial charge on any atom is -0.340 e. The molecule has 2 heterocycles. The van der Waals surface area contributed by atoms with Crippen LogP contribution in [0.2, 0.25) is 0 Å². The zero-order chi connectivity index (χ0) is 16.2. The summed E-state index contributed by atoms with van der Waals surface area (Å²) in [5.41, 5.74) is 4.13. The Balaban J connectivity index is 1.70. The lowest BCUT2D eigenvalue weighted by molar-refractivity contribution is 0.0724. The standard InChI is InChI=1S/C19H23N3O/c1-14-6-8-17(15(2)12-14)21-18-9-7-16(13-20-18)19(23)22-10-4-3-5-11-22/h6-9,12-13H,3-5,10-11H2,1-2H3,(H,20,21). The largest absolute Gasteiger partial charge is 0.340 e. The molecule has 0 aliphatic carbocycles. The van der Waals surface area contributed by atoms with E-state index in [1.165, 1.54) is 17.5 Å². The summed E-state index contributed by atoms with van der Waals surface area (Å²) >= 11 is 0. The summed E-state index contributed by atoms with van der Waals surface area (Å²) < 4.78 is 0. The van der Waals surface area contributed by atoms with Crippen LogP contribution in [0.4, 0.5) is 11.5 Å². The lowest BCUT2D eigenvalue weighted by Crippen LogP contribution is -2.35. The average Bonchev–Trinajstić information content (AvgIpc) is 2.58. The van der Waals surface area contributed by atoms with E-state index < -0.39 is 0 Å². The number of aryl methyl sites for hydroxylation is 2. The van der Waals surface area contributed by atoms with Crippen molar-refractivity contribution in [2.24, 2.45) is 0 Å². The van der Waals surface area contributed by atoms with Crippen molar-refractivity contribution in [1.29, 1.82) is 0 Å². The molecular weight excluding hydrogens is 286 g/mol. The molecule has 1 aromatic carbocycles. The van der Waals surface area contributed by atoms with Crippen LogP contribution in [-0.2, 0) is 0 Å². The highest BCUT2D eigenvalue weighted by molar-refractivity contribution is 5.94. The molecule has 1 fully saturated rings. The fraction of sp³-hybridized carbons (Fsp3) is 0.368. The summed E-state index contributed by atoms with van der Waals surface area (Å²) in [7, 11) is 0. The topological polar surface area (TPSA) is 45.2 Å². The SMILES string of the molecule is Cc1ccc(Nc2ccc(C(=O)N3CCCCC3)cn2)c(C)c1. The van der Waals surface area contributed by atoms with E-state index in [0.717, 1.165) is 37.4 Å². The zero-order valence-electron chi connectivity index (χ0n) is 13.8. The summed E-state index contributed by atoms with van der Waals surface area (Å²) in [4.78, 5) is 18.7. The third kappa shape index (κ3) is 3.70. The van der Waals surface area contributed by atoms with Crippen molar-refractivity contribution in [3.05, 3.63) is 53.2 Å². The highest BCUT2D eigenvalue weighted by atomic mass is 16.2. The molecule has 1 amide bonds. The number of carbonyl (C=O) groups is 1. The molecular formula is C19H23N3O. The lowest BCUT2D eigenvalue weighted by atomic mass is 10.1. The number of hydrogen-bond acceptors (Lipinski definition) is 3. The first-order chi connectivity index (χ1) is 11.1. The predicted molar refractivity (Wildman–Crippen MR) is 93.2 cm³/mol. The van der Waals surface area contributed by atoms with Gasteiger partial charge in [-0.05, 0) is 56.9 Å². The maximum atomic E-state index is 12.4. The highest BCUT2D eigenvalue weighted by Crippen LogP contribution is 2.21. The molecule has 0 bridgehead atoms. The van der Waals surface area contributed by atoms with E-state index in [1.807, 2.05) is 17.0 Å². The van der Waals surface area contributed by atoms with Crippen molar-refractivity contribution < 1.29 is 4.79 Å². The number of carbonyl (C=O) groups excluding carboxylic acids is 1. The van der Waals surface area contributed by atoms with Crippen molar-refractivity contribution in [2.75, 3.05) is 18.4 Å². The maximum absolute atomic E-state index is 12.4. The van der Waals surface area contributed by atoms with Crippen LogP contribution in [-0.4, -0.2) is 28.9 Å². The quantitative estimate of drug-likeness (QED) is 0.929. The summed E-state index contributed by atoms with van der Waals surface area (Å²) in [6, 6.07) is 9.99. The molecule has 23 heavy (non-hydrogen) atoms. The Hall–Kier alpha value is -2.36. The van der Waals surface area contributed by atoms with Crippen LogP contribution in [0.25, 0.3) is 0 Å². The third-order valence-corrected chi connectivity index (χ3v) is 4.30. The van der Waals surface area contributed by atoms with Gasteiger partial charge in [0.1, 0.15) is 5.82 Å². The summed E-state index contributed by atoms with van der Waals surface area (Å²) in [5, 5.41) is 3.31. The first-order valence-corrected chi connectivity index (χ1v) is 8.23. The molecule has 1 N–H and O–H groups in total. The van der Waals surface area contributed by atoms with Gasteiger partial charge in [0.2, 0.25) is 0 Å². The number of likely N-dealkylation sites (tertiary alicyclic amines) is 1. The van der Waals surface area contributed by atoms with Gasteiger partial charge in [-0.1, -0.05) is 17.7 Å². The Morgan fingerprint density at radius 3 is 2.52 bits per heavy atom. The van der Waals surface area contributed by atoms with Gasteiger partial charge in [-0.2, -0.15) is 0 Å². The van der Waals surface area contributed by atoms with Crippen molar-refractivity contribution in [2.45, 2.75) is 33.1 Å². The first kappa shape index (κ1) is 15.5. The Labute approximate surface area is 137 Å². The van der Waals surface area contributed by atoms with E-state index in [2.05, 4.69) is 42.3 Å². The molecule has 0 radical (unpaired) electrons. The first-order valence-electron chi connectivity index (χ1n) is 8.23. The van der Waals surface area contributed by atoms with Crippen LogP contribution in [0.15, 0.2) is 36.5 Å². The fourth-order valence-electron chi connectivity index (χ4n) is 2.97. The van der Waals surface area contributed by atoms with E-state index in [1.54, 1.807) is 6.20 Å². The predicted octanol–water partition coefficient (Wildman–Crippen LogP) is 4.07. The molecule has 1 saturated heterocycles. The lowest BCUT2D eigenvalue weighted by Gasteiger charge is -2.26. The molecule has 1 aliphatic rings. The van der Waals surface area contributed by atoms with E-state index in [0.29, 0.717) is 5.56 Å². The van der Waals surface area contributed by atoms with E-state index in [9.17, 15) is 4.79 Å². The third-order valence-electron chi connectivity index (χ3n) is 4.30. The molecule has 0 saturated carbocycles. The van der Waals surface area contributed by atoms with Gasteiger partial charge in [0.05, 0.1) is 5.56 Å². The monoisotopic (exact) mass is 309 g/mol. The number of aromatic nitrogens is 1. The van der Waals surface area contributed by atoms with Crippen molar-refractivity contribution in [1.82, 2.24) is 9.88 Å². The van der Waals surface area contributed by atoms with Crippen LogP contribution >= 0.6 is 0 Å². The fourth-order valence-corrected chi connectivity index (χ4v) is 2.97. The van der Waals surface area contributed by atoms with E-state index >= 15 is 0 Å². The average molecular weight is 309 g/mol. The molecule has 1 aliphatic heterocycles. The number of hydrogen-bond donors (Lipinski definition) is 1. The summed E-state index contributed by atoms with van der Waals surface area (Å²) in [5.74, 6) is 0.849. The molecule has 2 aromatic rings. The Morgan fingerprint density at radius 2 is 1.87 bits per heavy atom. The van der Waals surface area contributed by atoms with Crippen LogP contribution < -0.4 is 5.32 Å². The smallest absolute Gasteiger partial charge is 0.255 e. The molecule has 4 heteroatoms. The van der Waals surface area contributed by atoms with Gasteiger partial charge in [-0.25, -0.2) is 4.98 Å². The minimum atomic E-state index is 0.0928. The van der Waals surface area contributed by atoms with Gasteiger partial charge in [-0.3, -0.25) is 4.79 Å². The zero-order valence-corrected chi connectivity index (χ0v) is 13.8. The number of nitrogens with one attached hydrogen (secondary N) is 1. The Kier molecular flexibility index (Phi) is 4.60. The normalized spacial score (nSPS) is 14.6. The molecule has 4 nitrogen and oxygen atoms in total. The number of benzene rings is 1. The van der Waals surface area contributed by atoms with Crippen molar-refractivity contribution >= 4 is 17.4 Å². The van der Waals surface area contributed by atoms with Crippen LogP contribution in [0.1, 0.15) is 40.7 Å². The second-order valence-electron chi connectivity index (χ2n) is 6.23. The van der Waals surface area contributed by atoms with Gasteiger partial charge in [0.15, 0.2) is 0 Å². The molecule has 0 atom stereocenters. The molecule has 0 spiro atoms. The highest BCUT2D eigenvalue weighted by Gasteiger charge is 2.18. The van der Waals surface area contributed by atoms with E-state index in [-0.39, 0.29) is 5.91 Å². The summed E-state index contributed by atoms with van der Waals surface area (Å²) in [6.07, 6.45) is 5.10. The second kappa shape index (κ2) is 6.82. The van der Waals surface area contributed by atoms with Gasteiger partial charge < -0.3 is 10.2 Å². The molecule has 1 aromatic heterocycles. The van der Waals surface area contributed by atoms with Crippen LogP contribution in [0.3, 0.4) is 0 Å². The van der Waals surface area contributed by atoms with Crippen LogP contribution in [0, 0.1) is 13.8 Å². The molecule has 3 rings (SSSR count). The number of nitrogens with zero attached hydrogens (tertiary/aromatic N) is 2. The van der Waals surface area contributed by atoms with Crippen molar-refractivity contribution in [3.8, 4) is 0 Å². The second-order valence-corrected chi connectivity index (χ2v) is 6.23. The Morgan fingerprint density at radius 1 is 1.09 bits per heavy atom. The van der Waals surface area contributed by atoms with Gasteiger partial charge >= 0.3 is 0 Å². The van der Waals surface area contributed by atoms with E-state index in [4.69, 9.17) is 0 Å². The van der Waals surface area contributed by atoms with Gasteiger partial charge in [0, 0.05) is 25.0 Å².